The maximum absolute atomic E-state index is 5.59. The van der Waals surface area contributed by atoms with Crippen molar-refractivity contribution in [2.24, 2.45) is 0 Å². The van der Waals surface area contributed by atoms with E-state index in [9.17, 15) is 0 Å². The Morgan fingerprint density at radius 3 is 2.69 bits per heavy atom. The van der Waals surface area contributed by atoms with E-state index < -0.39 is 0 Å². The van der Waals surface area contributed by atoms with Crippen LogP contribution in [0.5, 0.6) is 5.88 Å². The fraction of sp³-hybridized carbons (Fsp3) is 0.600. The van der Waals surface area contributed by atoms with Crippen LogP contribution >= 0.6 is 0 Å². The van der Waals surface area contributed by atoms with Crippen LogP contribution in [0.15, 0.2) is 6.07 Å². The monoisotopic (exact) mass is 226 g/mol. The number of anilines is 2. The minimum atomic E-state index is 0.198. The number of hydrogen-bond acceptors (Lipinski definition) is 6. The van der Waals surface area contributed by atoms with Crippen molar-refractivity contribution in [2.45, 2.75) is 13.0 Å². The summed E-state index contributed by atoms with van der Waals surface area (Å²) < 4.78 is 10.1. The fourth-order valence-electron chi connectivity index (χ4n) is 1.29. The van der Waals surface area contributed by atoms with E-state index in [1.807, 2.05) is 18.9 Å². The van der Waals surface area contributed by atoms with Gasteiger partial charge >= 0.3 is 0 Å². The van der Waals surface area contributed by atoms with Crippen LogP contribution in [0.4, 0.5) is 11.8 Å². The molecule has 0 amide bonds. The molecule has 1 atom stereocenters. The van der Waals surface area contributed by atoms with Crippen LogP contribution in [-0.4, -0.2) is 43.9 Å². The summed E-state index contributed by atoms with van der Waals surface area (Å²) in [5.74, 6) is 1.37. The number of nitrogens with zero attached hydrogens (tertiary/aromatic N) is 3. The lowest BCUT2D eigenvalue weighted by atomic mass is 10.3. The van der Waals surface area contributed by atoms with E-state index in [0.717, 1.165) is 0 Å². The lowest BCUT2D eigenvalue weighted by Gasteiger charge is -2.25. The number of hydrogen-bond donors (Lipinski definition) is 1. The molecule has 0 aromatic carbocycles. The molecule has 0 aliphatic heterocycles. The summed E-state index contributed by atoms with van der Waals surface area (Å²) in [5.41, 5.74) is 5.59. The molecule has 0 aliphatic carbocycles. The Bertz CT molecular complexity index is 346. The highest BCUT2D eigenvalue weighted by molar-refractivity contribution is 5.45. The van der Waals surface area contributed by atoms with E-state index in [1.165, 1.54) is 0 Å². The first kappa shape index (κ1) is 12.5. The highest BCUT2D eigenvalue weighted by atomic mass is 16.5. The molecular formula is C10H18N4O2. The number of aromatic nitrogens is 2. The van der Waals surface area contributed by atoms with Gasteiger partial charge in [-0.15, -0.1) is 0 Å². The average molecular weight is 226 g/mol. The third-order valence-electron chi connectivity index (χ3n) is 2.35. The molecule has 0 bridgehead atoms. The summed E-state index contributed by atoms with van der Waals surface area (Å²) in [6, 6.07) is 1.94. The van der Waals surface area contributed by atoms with Crippen molar-refractivity contribution in [1.29, 1.82) is 0 Å². The summed E-state index contributed by atoms with van der Waals surface area (Å²) in [7, 11) is 5.13. The van der Waals surface area contributed by atoms with E-state index in [4.69, 9.17) is 15.2 Å². The van der Waals surface area contributed by atoms with E-state index in [-0.39, 0.29) is 12.0 Å². The van der Waals surface area contributed by atoms with Crippen molar-refractivity contribution >= 4 is 11.8 Å². The largest absolute Gasteiger partial charge is 0.481 e. The van der Waals surface area contributed by atoms with Gasteiger partial charge in [0.1, 0.15) is 5.82 Å². The van der Waals surface area contributed by atoms with Gasteiger partial charge in [-0.1, -0.05) is 0 Å². The Balaban J connectivity index is 2.89. The Morgan fingerprint density at radius 2 is 2.12 bits per heavy atom. The topological polar surface area (TPSA) is 73.5 Å². The van der Waals surface area contributed by atoms with Gasteiger partial charge in [0.25, 0.3) is 0 Å². The molecule has 1 unspecified atom stereocenters. The van der Waals surface area contributed by atoms with Gasteiger partial charge in [0.05, 0.1) is 19.8 Å². The molecule has 0 saturated heterocycles. The van der Waals surface area contributed by atoms with Crippen molar-refractivity contribution in [2.75, 3.05) is 38.5 Å². The van der Waals surface area contributed by atoms with Gasteiger partial charge in [-0.3, -0.25) is 0 Å². The molecule has 0 spiro atoms. The number of rotatable bonds is 5. The van der Waals surface area contributed by atoms with Gasteiger partial charge in [-0.2, -0.15) is 9.97 Å². The smallest absolute Gasteiger partial charge is 0.225 e. The maximum atomic E-state index is 5.59. The maximum Gasteiger partial charge on any atom is 0.225 e. The molecule has 0 radical (unpaired) electrons. The summed E-state index contributed by atoms with van der Waals surface area (Å²) in [6.45, 7) is 2.65. The van der Waals surface area contributed by atoms with Crippen LogP contribution < -0.4 is 15.4 Å². The van der Waals surface area contributed by atoms with Crippen molar-refractivity contribution < 1.29 is 9.47 Å². The molecule has 6 heteroatoms. The summed E-state index contributed by atoms with van der Waals surface area (Å²) in [4.78, 5) is 10.0. The Labute approximate surface area is 95.4 Å². The van der Waals surface area contributed by atoms with Crippen LogP contribution in [0.1, 0.15) is 6.92 Å². The SMILES string of the molecule is COCC(C)N(C)c1cc(OC)nc(N)n1. The van der Waals surface area contributed by atoms with Crippen LogP contribution in [0.2, 0.25) is 0 Å². The fourth-order valence-corrected chi connectivity index (χ4v) is 1.29. The Kier molecular flexibility index (Phi) is 4.30. The van der Waals surface area contributed by atoms with Gasteiger partial charge < -0.3 is 20.1 Å². The van der Waals surface area contributed by atoms with Crippen molar-refractivity contribution in [3.05, 3.63) is 6.07 Å². The number of methoxy groups -OCH3 is 2. The Hall–Kier alpha value is -1.56. The molecule has 0 fully saturated rings. The number of likely N-dealkylation sites (N-methyl/N-ethyl adjacent to an activating group) is 1. The zero-order valence-corrected chi connectivity index (χ0v) is 10.1. The van der Waals surface area contributed by atoms with Crippen LogP contribution in [0.25, 0.3) is 0 Å². The van der Waals surface area contributed by atoms with Crippen molar-refractivity contribution in [3.8, 4) is 5.88 Å². The second kappa shape index (κ2) is 5.50. The first-order valence-corrected chi connectivity index (χ1v) is 4.98. The molecule has 1 aromatic rings. The number of nitrogens with two attached hydrogens (primary N) is 1. The van der Waals surface area contributed by atoms with Gasteiger partial charge in [0.15, 0.2) is 0 Å². The second-order valence-corrected chi connectivity index (χ2v) is 3.54. The standard InChI is InChI=1S/C10H18N4O2/c1-7(6-15-3)14(2)8-5-9(16-4)13-10(11)12-8/h5,7H,6H2,1-4H3,(H2,11,12,13). The summed E-state index contributed by atoms with van der Waals surface area (Å²) >= 11 is 0. The predicted molar refractivity (Wildman–Crippen MR) is 62.7 cm³/mol. The summed E-state index contributed by atoms with van der Waals surface area (Å²) in [6.07, 6.45) is 0. The molecule has 6 nitrogen and oxygen atoms in total. The zero-order valence-electron chi connectivity index (χ0n) is 10.1. The number of ether oxygens (including phenoxy) is 2. The van der Waals surface area contributed by atoms with E-state index in [1.54, 1.807) is 20.3 Å². The normalized spacial score (nSPS) is 12.2. The third-order valence-corrected chi connectivity index (χ3v) is 2.35. The van der Waals surface area contributed by atoms with Crippen LogP contribution in [0, 0.1) is 0 Å². The molecule has 1 rings (SSSR count). The minimum absolute atomic E-state index is 0.198. The number of nitrogen functional groups attached to an aromatic ring is 1. The second-order valence-electron chi connectivity index (χ2n) is 3.54. The van der Waals surface area contributed by atoms with Gasteiger partial charge in [-0.05, 0) is 6.92 Å². The third kappa shape index (κ3) is 2.96. The van der Waals surface area contributed by atoms with Crippen LogP contribution in [-0.2, 0) is 4.74 Å². The Morgan fingerprint density at radius 1 is 1.44 bits per heavy atom. The van der Waals surface area contributed by atoms with E-state index in [2.05, 4.69) is 9.97 Å². The quantitative estimate of drug-likeness (QED) is 0.790. The first-order valence-electron chi connectivity index (χ1n) is 4.98. The molecule has 1 aromatic heterocycles. The van der Waals surface area contributed by atoms with Gasteiger partial charge in [0, 0.05) is 20.2 Å². The first-order chi connectivity index (χ1) is 7.58. The highest BCUT2D eigenvalue weighted by Gasteiger charge is 2.13. The highest BCUT2D eigenvalue weighted by Crippen LogP contribution is 2.18. The van der Waals surface area contributed by atoms with Gasteiger partial charge in [0.2, 0.25) is 11.8 Å². The minimum Gasteiger partial charge on any atom is -0.481 e. The molecule has 2 N–H and O–H groups in total. The predicted octanol–water partition coefficient (Wildman–Crippen LogP) is 0.539. The lowest BCUT2D eigenvalue weighted by Crippen LogP contribution is -2.33. The molecule has 16 heavy (non-hydrogen) atoms. The molecule has 1 heterocycles. The van der Waals surface area contributed by atoms with Crippen molar-refractivity contribution in [3.63, 3.8) is 0 Å². The molecule has 0 aliphatic rings. The zero-order chi connectivity index (χ0) is 12.1. The van der Waals surface area contributed by atoms with Gasteiger partial charge in [-0.25, -0.2) is 0 Å². The molecule has 90 valence electrons. The van der Waals surface area contributed by atoms with E-state index >= 15 is 0 Å². The molecule has 0 saturated carbocycles. The summed E-state index contributed by atoms with van der Waals surface area (Å²) in [5, 5.41) is 0. The molecular weight excluding hydrogens is 208 g/mol. The average Bonchev–Trinajstić information content (AvgIpc) is 2.27. The van der Waals surface area contributed by atoms with Crippen molar-refractivity contribution in [1.82, 2.24) is 9.97 Å². The lowest BCUT2D eigenvalue weighted by molar-refractivity contribution is 0.183. The van der Waals surface area contributed by atoms with E-state index in [0.29, 0.717) is 18.3 Å². The van der Waals surface area contributed by atoms with Crippen LogP contribution in [0.3, 0.4) is 0 Å².